The first kappa shape index (κ1) is 12.1. The van der Waals surface area contributed by atoms with E-state index in [-0.39, 0.29) is 0 Å². The van der Waals surface area contributed by atoms with Crippen LogP contribution in [0, 0.1) is 18.3 Å². The third-order valence-electron chi connectivity index (χ3n) is 2.35. The van der Waals surface area contributed by atoms with Gasteiger partial charge in [0.05, 0.1) is 6.07 Å². The van der Waals surface area contributed by atoms with Gasteiger partial charge in [0.1, 0.15) is 0 Å². The average Bonchev–Trinajstić information content (AvgIpc) is 2.25. The molecule has 0 amide bonds. The molecule has 0 unspecified atom stereocenters. The van der Waals surface area contributed by atoms with Gasteiger partial charge in [-0.2, -0.15) is 17.0 Å². The standard InChI is InChI=1S/C13H17NS/c1-12-7-3-4-8-13(12)11-15-10-6-2-5-9-14/h3-4,7-8H,2,5-6,10-11H2,1H3. The number of hydrogen-bond acceptors (Lipinski definition) is 2. The molecule has 0 aromatic heterocycles. The summed E-state index contributed by atoms with van der Waals surface area (Å²) in [5, 5.41) is 8.38. The van der Waals surface area contributed by atoms with Gasteiger partial charge in [0, 0.05) is 12.2 Å². The molecule has 0 aliphatic carbocycles. The molecule has 0 spiro atoms. The minimum atomic E-state index is 0.699. The highest BCUT2D eigenvalue weighted by Gasteiger charge is 1.96. The molecule has 1 nitrogen and oxygen atoms in total. The van der Waals surface area contributed by atoms with E-state index >= 15 is 0 Å². The van der Waals surface area contributed by atoms with E-state index in [4.69, 9.17) is 5.26 Å². The maximum atomic E-state index is 8.38. The number of nitriles is 1. The fourth-order valence-electron chi connectivity index (χ4n) is 1.36. The van der Waals surface area contributed by atoms with Gasteiger partial charge in [0.15, 0.2) is 0 Å². The lowest BCUT2D eigenvalue weighted by Crippen LogP contribution is -1.87. The van der Waals surface area contributed by atoms with Crippen LogP contribution in [0.3, 0.4) is 0 Å². The summed E-state index contributed by atoms with van der Waals surface area (Å²) in [4.78, 5) is 0. The van der Waals surface area contributed by atoms with E-state index in [0.29, 0.717) is 6.42 Å². The first-order valence-electron chi connectivity index (χ1n) is 5.34. The molecule has 0 aliphatic rings. The van der Waals surface area contributed by atoms with Crippen molar-refractivity contribution in [2.24, 2.45) is 0 Å². The molecule has 0 bridgehead atoms. The van der Waals surface area contributed by atoms with Crippen LogP contribution in [-0.4, -0.2) is 5.75 Å². The van der Waals surface area contributed by atoms with Gasteiger partial charge in [0.2, 0.25) is 0 Å². The number of thioether (sulfide) groups is 1. The van der Waals surface area contributed by atoms with E-state index in [0.717, 1.165) is 24.3 Å². The molecule has 0 saturated carbocycles. The molecule has 0 atom stereocenters. The molecule has 1 aromatic rings. The Kier molecular flexibility index (Phi) is 5.96. The minimum absolute atomic E-state index is 0.699. The lowest BCUT2D eigenvalue weighted by Gasteiger charge is -2.04. The van der Waals surface area contributed by atoms with Gasteiger partial charge in [-0.15, -0.1) is 0 Å². The number of benzene rings is 1. The lowest BCUT2D eigenvalue weighted by molar-refractivity contribution is 0.830. The second kappa shape index (κ2) is 7.36. The highest BCUT2D eigenvalue weighted by Crippen LogP contribution is 2.17. The zero-order chi connectivity index (χ0) is 10.9. The zero-order valence-corrected chi connectivity index (χ0v) is 10.0. The predicted octanol–water partition coefficient (Wildman–Crippen LogP) is 3.92. The zero-order valence-electron chi connectivity index (χ0n) is 9.20. The molecule has 15 heavy (non-hydrogen) atoms. The van der Waals surface area contributed by atoms with Crippen LogP contribution < -0.4 is 0 Å². The molecule has 1 rings (SSSR count). The van der Waals surface area contributed by atoms with E-state index in [9.17, 15) is 0 Å². The van der Waals surface area contributed by atoms with Gasteiger partial charge in [0.25, 0.3) is 0 Å². The van der Waals surface area contributed by atoms with Gasteiger partial charge in [-0.3, -0.25) is 0 Å². The van der Waals surface area contributed by atoms with Gasteiger partial charge in [-0.05, 0) is 36.6 Å². The summed E-state index contributed by atoms with van der Waals surface area (Å²) in [6.07, 6.45) is 2.90. The smallest absolute Gasteiger partial charge is 0.0621 e. The Balaban J connectivity index is 2.16. The summed E-state index contributed by atoms with van der Waals surface area (Å²) < 4.78 is 0. The topological polar surface area (TPSA) is 23.8 Å². The average molecular weight is 219 g/mol. The quantitative estimate of drug-likeness (QED) is 0.677. The van der Waals surface area contributed by atoms with Crippen LogP contribution in [0.15, 0.2) is 24.3 Å². The molecule has 80 valence electrons. The molecular weight excluding hydrogens is 202 g/mol. The first-order valence-corrected chi connectivity index (χ1v) is 6.49. The third-order valence-corrected chi connectivity index (χ3v) is 3.44. The number of aryl methyl sites for hydroxylation is 1. The van der Waals surface area contributed by atoms with Crippen LogP contribution in [0.25, 0.3) is 0 Å². The van der Waals surface area contributed by atoms with Gasteiger partial charge in [-0.25, -0.2) is 0 Å². The number of nitrogens with zero attached hydrogens (tertiary/aromatic N) is 1. The van der Waals surface area contributed by atoms with Crippen LogP contribution in [0.4, 0.5) is 0 Å². The molecular formula is C13H17NS. The summed E-state index contributed by atoms with van der Waals surface area (Å²) in [7, 11) is 0. The largest absolute Gasteiger partial charge is 0.198 e. The molecule has 0 heterocycles. The summed E-state index contributed by atoms with van der Waals surface area (Å²) in [5.74, 6) is 2.26. The van der Waals surface area contributed by atoms with Crippen molar-refractivity contribution in [3.8, 4) is 6.07 Å². The molecule has 0 aliphatic heterocycles. The highest BCUT2D eigenvalue weighted by atomic mass is 32.2. The highest BCUT2D eigenvalue weighted by molar-refractivity contribution is 7.98. The second-order valence-electron chi connectivity index (χ2n) is 3.59. The Morgan fingerprint density at radius 2 is 2.07 bits per heavy atom. The molecule has 0 fully saturated rings. The van der Waals surface area contributed by atoms with Crippen molar-refractivity contribution in [1.29, 1.82) is 5.26 Å². The minimum Gasteiger partial charge on any atom is -0.198 e. The van der Waals surface area contributed by atoms with Crippen LogP contribution in [0.5, 0.6) is 0 Å². The fraction of sp³-hybridized carbons (Fsp3) is 0.462. The van der Waals surface area contributed by atoms with Crippen LogP contribution in [-0.2, 0) is 5.75 Å². The van der Waals surface area contributed by atoms with Gasteiger partial charge in [-0.1, -0.05) is 24.3 Å². The van der Waals surface area contributed by atoms with E-state index < -0.39 is 0 Å². The monoisotopic (exact) mass is 219 g/mol. The van der Waals surface area contributed by atoms with Gasteiger partial charge >= 0.3 is 0 Å². The maximum Gasteiger partial charge on any atom is 0.0621 e. The first-order chi connectivity index (χ1) is 7.34. The van der Waals surface area contributed by atoms with Crippen molar-refractivity contribution in [2.75, 3.05) is 5.75 Å². The summed E-state index contributed by atoms with van der Waals surface area (Å²) in [6, 6.07) is 10.7. The lowest BCUT2D eigenvalue weighted by atomic mass is 10.1. The molecule has 1 aromatic carbocycles. The normalized spacial score (nSPS) is 9.87. The van der Waals surface area contributed by atoms with Crippen LogP contribution in [0.2, 0.25) is 0 Å². The van der Waals surface area contributed by atoms with E-state index in [1.807, 2.05) is 11.8 Å². The Bertz CT molecular complexity index is 328. The Labute approximate surface area is 96.5 Å². The van der Waals surface area contributed by atoms with Crippen molar-refractivity contribution in [2.45, 2.75) is 31.9 Å². The van der Waals surface area contributed by atoms with Crippen molar-refractivity contribution in [1.82, 2.24) is 0 Å². The molecule has 0 saturated heterocycles. The number of unbranched alkanes of at least 4 members (excludes halogenated alkanes) is 2. The Hall–Kier alpha value is -0.940. The van der Waals surface area contributed by atoms with Crippen molar-refractivity contribution in [3.05, 3.63) is 35.4 Å². The van der Waals surface area contributed by atoms with Crippen LogP contribution in [0.1, 0.15) is 30.4 Å². The summed E-state index contributed by atoms with van der Waals surface area (Å²) in [5.41, 5.74) is 2.81. The Morgan fingerprint density at radius 1 is 1.27 bits per heavy atom. The molecule has 0 N–H and O–H groups in total. The van der Waals surface area contributed by atoms with Crippen molar-refractivity contribution < 1.29 is 0 Å². The van der Waals surface area contributed by atoms with E-state index in [1.165, 1.54) is 11.1 Å². The van der Waals surface area contributed by atoms with Crippen LogP contribution >= 0.6 is 11.8 Å². The maximum absolute atomic E-state index is 8.38. The van der Waals surface area contributed by atoms with E-state index in [2.05, 4.69) is 37.3 Å². The third kappa shape index (κ3) is 4.90. The fourth-order valence-corrected chi connectivity index (χ4v) is 2.46. The molecule has 0 radical (unpaired) electrons. The van der Waals surface area contributed by atoms with Gasteiger partial charge < -0.3 is 0 Å². The number of hydrogen-bond donors (Lipinski definition) is 0. The molecule has 2 heteroatoms. The SMILES string of the molecule is Cc1ccccc1CSCCCCC#N. The van der Waals surface area contributed by atoms with E-state index in [1.54, 1.807) is 0 Å². The van der Waals surface area contributed by atoms with Crippen molar-refractivity contribution >= 4 is 11.8 Å². The summed E-state index contributed by atoms with van der Waals surface area (Å²) in [6.45, 7) is 2.16. The predicted molar refractivity (Wildman–Crippen MR) is 66.8 cm³/mol. The number of rotatable bonds is 6. The Morgan fingerprint density at radius 3 is 2.80 bits per heavy atom. The van der Waals surface area contributed by atoms with Crippen molar-refractivity contribution in [3.63, 3.8) is 0 Å². The summed E-state index contributed by atoms with van der Waals surface area (Å²) >= 11 is 1.96. The second-order valence-corrected chi connectivity index (χ2v) is 4.70.